The fourth-order valence-electron chi connectivity index (χ4n) is 1.49. The highest BCUT2D eigenvalue weighted by Gasteiger charge is 2.05. The topological polar surface area (TPSA) is 87.3 Å². The third-order valence-electron chi connectivity index (χ3n) is 2.21. The van der Waals surface area contributed by atoms with Gasteiger partial charge in [-0.25, -0.2) is 15.0 Å². The molecule has 6 nitrogen and oxygen atoms in total. The van der Waals surface area contributed by atoms with Crippen molar-refractivity contribution < 1.29 is 0 Å². The van der Waals surface area contributed by atoms with E-state index >= 15 is 0 Å². The molecule has 2 N–H and O–H groups in total. The Labute approximate surface area is 89.4 Å². The van der Waals surface area contributed by atoms with Crippen molar-refractivity contribution in [2.45, 2.75) is 0 Å². The molecule has 3 aromatic rings. The molecule has 0 aliphatic carbocycles. The SMILES string of the molecule is O=c1cc(-c2nc3ncncc3[nH]2)cc[nH]1. The summed E-state index contributed by atoms with van der Waals surface area (Å²) in [6.45, 7) is 0. The molecule has 3 heterocycles. The molecule has 0 aromatic carbocycles. The number of nitrogens with zero attached hydrogens (tertiary/aromatic N) is 3. The van der Waals surface area contributed by atoms with E-state index in [0.717, 1.165) is 11.1 Å². The Kier molecular flexibility index (Phi) is 1.79. The van der Waals surface area contributed by atoms with Crippen molar-refractivity contribution in [3.8, 4) is 11.4 Å². The molecule has 3 rings (SSSR count). The van der Waals surface area contributed by atoms with Gasteiger partial charge in [-0.1, -0.05) is 0 Å². The van der Waals surface area contributed by atoms with Gasteiger partial charge in [0.1, 0.15) is 17.7 Å². The third kappa shape index (κ3) is 1.36. The quantitative estimate of drug-likeness (QED) is 0.623. The monoisotopic (exact) mass is 213 g/mol. The first-order valence-corrected chi connectivity index (χ1v) is 4.68. The fourth-order valence-corrected chi connectivity index (χ4v) is 1.49. The minimum Gasteiger partial charge on any atom is -0.335 e. The summed E-state index contributed by atoms with van der Waals surface area (Å²) in [7, 11) is 0. The van der Waals surface area contributed by atoms with Crippen LogP contribution in [0.15, 0.2) is 35.6 Å². The van der Waals surface area contributed by atoms with E-state index in [1.54, 1.807) is 18.5 Å². The second-order valence-corrected chi connectivity index (χ2v) is 3.29. The highest BCUT2D eigenvalue weighted by molar-refractivity contribution is 5.74. The third-order valence-corrected chi connectivity index (χ3v) is 2.21. The smallest absolute Gasteiger partial charge is 0.248 e. The van der Waals surface area contributed by atoms with Gasteiger partial charge in [-0.3, -0.25) is 4.79 Å². The van der Waals surface area contributed by atoms with E-state index in [4.69, 9.17) is 0 Å². The number of hydrogen-bond donors (Lipinski definition) is 2. The zero-order valence-electron chi connectivity index (χ0n) is 8.14. The van der Waals surface area contributed by atoms with E-state index < -0.39 is 0 Å². The molecule has 0 radical (unpaired) electrons. The Morgan fingerprint density at radius 2 is 2.25 bits per heavy atom. The van der Waals surface area contributed by atoms with Crippen LogP contribution < -0.4 is 5.56 Å². The highest BCUT2D eigenvalue weighted by atomic mass is 16.1. The predicted octanol–water partition coefficient (Wildman–Crippen LogP) is 0.708. The molecular weight excluding hydrogens is 206 g/mol. The minimum absolute atomic E-state index is 0.163. The maximum Gasteiger partial charge on any atom is 0.248 e. The number of nitrogens with one attached hydrogen (secondary N) is 2. The molecule has 0 unspecified atom stereocenters. The number of imidazole rings is 1. The summed E-state index contributed by atoms with van der Waals surface area (Å²) >= 11 is 0. The summed E-state index contributed by atoms with van der Waals surface area (Å²) < 4.78 is 0. The first kappa shape index (κ1) is 8.78. The maximum absolute atomic E-state index is 11.2. The van der Waals surface area contributed by atoms with Crippen LogP contribution in [-0.2, 0) is 0 Å². The zero-order chi connectivity index (χ0) is 11.0. The van der Waals surface area contributed by atoms with E-state index in [0.29, 0.717) is 11.5 Å². The molecule has 0 atom stereocenters. The van der Waals surface area contributed by atoms with Crippen LogP contribution in [0.2, 0.25) is 0 Å². The van der Waals surface area contributed by atoms with Gasteiger partial charge < -0.3 is 9.97 Å². The molecule has 0 amide bonds. The van der Waals surface area contributed by atoms with Crippen LogP contribution in [0.1, 0.15) is 0 Å². The average molecular weight is 213 g/mol. The van der Waals surface area contributed by atoms with Gasteiger partial charge in [0.2, 0.25) is 5.56 Å². The van der Waals surface area contributed by atoms with Crippen LogP contribution in [0.3, 0.4) is 0 Å². The normalized spacial score (nSPS) is 10.8. The van der Waals surface area contributed by atoms with E-state index in [9.17, 15) is 4.79 Å². The number of rotatable bonds is 1. The number of H-pyrrole nitrogens is 2. The van der Waals surface area contributed by atoms with Gasteiger partial charge in [0.05, 0.1) is 6.20 Å². The van der Waals surface area contributed by atoms with Crippen molar-refractivity contribution >= 4 is 11.2 Å². The van der Waals surface area contributed by atoms with Crippen LogP contribution in [0, 0.1) is 0 Å². The Bertz CT molecular complexity index is 666. The van der Waals surface area contributed by atoms with Crippen LogP contribution >= 0.6 is 0 Å². The predicted molar refractivity (Wildman–Crippen MR) is 57.7 cm³/mol. The van der Waals surface area contributed by atoms with E-state index in [2.05, 4.69) is 24.9 Å². The molecule has 0 saturated heterocycles. The van der Waals surface area contributed by atoms with Crippen molar-refractivity contribution in [3.63, 3.8) is 0 Å². The lowest BCUT2D eigenvalue weighted by Crippen LogP contribution is -2.02. The second-order valence-electron chi connectivity index (χ2n) is 3.29. The molecule has 0 fully saturated rings. The number of aromatic nitrogens is 5. The molecule has 3 aromatic heterocycles. The Morgan fingerprint density at radius 3 is 3.06 bits per heavy atom. The van der Waals surface area contributed by atoms with Crippen molar-refractivity contribution in [3.05, 3.63) is 41.2 Å². The number of pyridine rings is 1. The van der Waals surface area contributed by atoms with Crippen LogP contribution in [-0.4, -0.2) is 24.9 Å². The standard InChI is InChI=1S/C10H7N5O/c16-8-3-6(1-2-12-8)9-14-7-4-11-5-13-10(7)15-9/h1-5H,(H,12,16)(H,11,13,14,15). The molecule has 6 heteroatoms. The summed E-state index contributed by atoms with van der Waals surface area (Å²) in [6.07, 6.45) is 4.66. The van der Waals surface area contributed by atoms with Gasteiger partial charge in [0, 0.05) is 17.8 Å². The van der Waals surface area contributed by atoms with E-state index in [1.807, 2.05) is 0 Å². The van der Waals surface area contributed by atoms with Crippen molar-refractivity contribution in [2.75, 3.05) is 0 Å². The lowest BCUT2D eigenvalue weighted by molar-refractivity contribution is 1.20. The number of aromatic amines is 2. The van der Waals surface area contributed by atoms with Gasteiger partial charge in [-0.15, -0.1) is 0 Å². The summed E-state index contributed by atoms with van der Waals surface area (Å²) in [4.78, 5) is 28.9. The van der Waals surface area contributed by atoms with Gasteiger partial charge >= 0.3 is 0 Å². The lowest BCUT2D eigenvalue weighted by Gasteiger charge is -1.92. The second kappa shape index (κ2) is 3.27. The molecule has 0 saturated carbocycles. The Balaban J connectivity index is 2.23. The fraction of sp³-hybridized carbons (Fsp3) is 0. The summed E-state index contributed by atoms with van der Waals surface area (Å²) in [5, 5.41) is 0. The Hall–Kier alpha value is -2.50. The van der Waals surface area contributed by atoms with Gasteiger partial charge in [-0.2, -0.15) is 0 Å². The molecule has 78 valence electrons. The molecule has 0 aliphatic rings. The molecule has 0 bridgehead atoms. The molecule has 16 heavy (non-hydrogen) atoms. The van der Waals surface area contributed by atoms with E-state index in [1.165, 1.54) is 12.4 Å². The molecule has 0 spiro atoms. The van der Waals surface area contributed by atoms with Crippen molar-refractivity contribution in [1.82, 2.24) is 24.9 Å². The van der Waals surface area contributed by atoms with Crippen molar-refractivity contribution in [1.29, 1.82) is 0 Å². The number of fused-ring (bicyclic) bond motifs is 1. The summed E-state index contributed by atoms with van der Waals surface area (Å²) in [6, 6.07) is 3.25. The lowest BCUT2D eigenvalue weighted by atomic mass is 10.2. The zero-order valence-corrected chi connectivity index (χ0v) is 8.14. The number of hydrogen-bond acceptors (Lipinski definition) is 4. The van der Waals surface area contributed by atoms with Gasteiger partial charge in [0.25, 0.3) is 0 Å². The Morgan fingerprint density at radius 1 is 1.31 bits per heavy atom. The molecular formula is C10H7N5O. The summed E-state index contributed by atoms with van der Waals surface area (Å²) in [5.74, 6) is 0.613. The maximum atomic E-state index is 11.2. The van der Waals surface area contributed by atoms with Crippen LogP contribution in [0.5, 0.6) is 0 Å². The van der Waals surface area contributed by atoms with Gasteiger partial charge in [-0.05, 0) is 6.07 Å². The van der Waals surface area contributed by atoms with Gasteiger partial charge in [0.15, 0.2) is 5.65 Å². The first-order valence-electron chi connectivity index (χ1n) is 4.68. The van der Waals surface area contributed by atoms with E-state index in [-0.39, 0.29) is 5.56 Å². The summed E-state index contributed by atoms with van der Waals surface area (Å²) in [5.41, 5.74) is 1.90. The average Bonchev–Trinajstić information content (AvgIpc) is 2.72. The highest BCUT2D eigenvalue weighted by Crippen LogP contribution is 2.16. The minimum atomic E-state index is -0.163. The van der Waals surface area contributed by atoms with Crippen molar-refractivity contribution in [2.24, 2.45) is 0 Å². The first-order chi connectivity index (χ1) is 7.83. The largest absolute Gasteiger partial charge is 0.335 e. The molecule has 0 aliphatic heterocycles. The van der Waals surface area contributed by atoms with Crippen LogP contribution in [0.25, 0.3) is 22.6 Å². The van der Waals surface area contributed by atoms with Crippen LogP contribution in [0.4, 0.5) is 0 Å².